The molecule has 0 saturated heterocycles. The van der Waals surface area contributed by atoms with Crippen molar-refractivity contribution in [3.8, 4) is 0 Å². The van der Waals surface area contributed by atoms with E-state index in [9.17, 15) is 4.79 Å². The van der Waals surface area contributed by atoms with Gasteiger partial charge in [0.15, 0.2) is 5.13 Å². The largest absolute Gasteiger partial charge is 0.298 e. The van der Waals surface area contributed by atoms with Crippen LogP contribution in [-0.2, 0) is 0 Å². The summed E-state index contributed by atoms with van der Waals surface area (Å²) < 4.78 is 3.00. The molecule has 0 aliphatic rings. The van der Waals surface area contributed by atoms with Crippen LogP contribution in [0.3, 0.4) is 0 Å². The van der Waals surface area contributed by atoms with E-state index < -0.39 is 0 Å². The van der Waals surface area contributed by atoms with E-state index in [0.29, 0.717) is 10.7 Å². The van der Waals surface area contributed by atoms with Crippen LogP contribution in [0.4, 0.5) is 5.13 Å². The summed E-state index contributed by atoms with van der Waals surface area (Å²) in [6.45, 7) is 2.01. The fraction of sp³-hybridized carbons (Fsp3) is 0.0667. The molecule has 0 aliphatic heterocycles. The van der Waals surface area contributed by atoms with E-state index in [0.717, 1.165) is 23.8 Å². The molecule has 2 aromatic carbocycles. The molecule has 0 bridgehead atoms. The molecule has 0 atom stereocenters. The van der Waals surface area contributed by atoms with E-state index in [-0.39, 0.29) is 5.91 Å². The zero-order valence-corrected chi connectivity index (χ0v) is 15.5. The molecule has 3 rings (SSSR count). The van der Waals surface area contributed by atoms with Crippen molar-refractivity contribution >= 4 is 71.1 Å². The molecule has 3 aromatic rings. The Morgan fingerprint density at radius 3 is 2.86 bits per heavy atom. The number of rotatable bonds is 2. The monoisotopic (exact) mass is 472 g/mol. The second kappa shape index (κ2) is 6.02. The molecule has 6 heteroatoms. The van der Waals surface area contributed by atoms with Gasteiger partial charge in [-0.1, -0.05) is 39.4 Å². The molecule has 3 nitrogen and oxygen atoms in total. The Balaban J connectivity index is 1.94. The predicted molar refractivity (Wildman–Crippen MR) is 99.2 cm³/mol. The Bertz CT molecular complexity index is 847. The number of carbonyl (C=O) groups is 1. The van der Waals surface area contributed by atoms with Gasteiger partial charge in [-0.2, -0.15) is 0 Å². The predicted octanol–water partition coefficient (Wildman–Crippen LogP) is 5.22. The first kappa shape index (κ1) is 14.9. The van der Waals surface area contributed by atoms with Crippen LogP contribution in [0.1, 0.15) is 15.9 Å². The van der Waals surface area contributed by atoms with Gasteiger partial charge >= 0.3 is 0 Å². The van der Waals surface area contributed by atoms with E-state index in [1.54, 1.807) is 0 Å². The quantitative estimate of drug-likeness (QED) is 0.519. The van der Waals surface area contributed by atoms with Crippen molar-refractivity contribution in [2.75, 3.05) is 5.32 Å². The van der Waals surface area contributed by atoms with Crippen LogP contribution < -0.4 is 5.32 Å². The SMILES string of the molecule is Cc1cc(Br)cc2sc(NC(=O)c3ccccc3I)nc12. The standard InChI is InChI=1S/C15H10BrIN2OS/c1-8-6-9(16)7-12-13(8)18-15(21-12)19-14(20)10-4-2-3-5-11(10)17/h2-7H,1H3,(H,18,19,20). The maximum Gasteiger partial charge on any atom is 0.258 e. The molecule has 1 heterocycles. The number of fused-ring (bicyclic) bond motifs is 1. The number of nitrogens with one attached hydrogen (secondary N) is 1. The van der Waals surface area contributed by atoms with Crippen molar-refractivity contribution in [2.45, 2.75) is 6.92 Å². The van der Waals surface area contributed by atoms with E-state index in [1.165, 1.54) is 11.3 Å². The van der Waals surface area contributed by atoms with Gasteiger partial charge in [-0.15, -0.1) is 0 Å². The lowest BCUT2D eigenvalue weighted by atomic mass is 10.2. The Labute approximate surface area is 148 Å². The highest BCUT2D eigenvalue weighted by molar-refractivity contribution is 14.1. The summed E-state index contributed by atoms with van der Waals surface area (Å²) in [5.74, 6) is -0.129. The maximum atomic E-state index is 12.3. The molecule has 0 unspecified atom stereocenters. The van der Waals surface area contributed by atoms with Crippen LogP contribution in [0, 0.1) is 10.5 Å². The topological polar surface area (TPSA) is 42.0 Å². The summed E-state index contributed by atoms with van der Waals surface area (Å²) in [4.78, 5) is 16.8. The highest BCUT2D eigenvalue weighted by atomic mass is 127. The molecule has 0 fully saturated rings. The minimum Gasteiger partial charge on any atom is -0.298 e. The summed E-state index contributed by atoms with van der Waals surface area (Å²) in [5, 5.41) is 3.50. The average molecular weight is 473 g/mol. The van der Waals surface area contributed by atoms with Crippen LogP contribution in [0.25, 0.3) is 10.2 Å². The molecule has 0 spiro atoms. The summed E-state index contributed by atoms with van der Waals surface area (Å²) in [6, 6.07) is 11.5. The Hall–Kier alpha value is -0.990. The third-order valence-electron chi connectivity index (χ3n) is 2.99. The lowest BCUT2D eigenvalue weighted by Crippen LogP contribution is -2.12. The number of hydrogen-bond donors (Lipinski definition) is 1. The van der Waals surface area contributed by atoms with Gasteiger partial charge in [0, 0.05) is 8.04 Å². The van der Waals surface area contributed by atoms with Crippen molar-refractivity contribution in [1.29, 1.82) is 0 Å². The number of thiazole rings is 1. The lowest BCUT2D eigenvalue weighted by molar-refractivity contribution is 0.102. The van der Waals surface area contributed by atoms with E-state index in [4.69, 9.17) is 0 Å². The summed E-state index contributed by atoms with van der Waals surface area (Å²) >= 11 is 7.12. The van der Waals surface area contributed by atoms with Gasteiger partial charge < -0.3 is 0 Å². The number of benzene rings is 2. The first-order valence-electron chi connectivity index (χ1n) is 6.17. The molecular weight excluding hydrogens is 463 g/mol. The Morgan fingerprint density at radius 2 is 2.10 bits per heavy atom. The van der Waals surface area contributed by atoms with E-state index in [1.807, 2.05) is 43.3 Å². The molecule has 21 heavy (non-hydrogen) atoms. The molecular formula is C15H10BrIN2OS. The summed E-state index contributed by atoms with van der Waals surface area (Å²) in [6.07, 6.45) is 0. The van der Waals surface area contributed by atoms with Gasteiger partial charge in [0.05, 0.1) is 15.8 Å². The zero-order valence-electron chi connectivity index (χ0n) is 11.0. The molecule has 1 aromatic heterocycles. The number of carbonyl (C=O) groups excluding carboxylic acids is 1. The van der Waals surface area contributed by atoms with Crippen LogP contribution >= 0.6 is 49.9 Å². The second-order valence-electron chi connectivity index (χ2n) is 4.52. The minimum atomic E-state index is -0.129. The first-order chi connectivity index (χ1) is 10.0. The number of aryl methyl sites for hydroxylation is 1. The van der Waals surface area contributed by atoms with Gasteiger partial charge in [-0.25, -0.2) is 4.98 Å². The van der Waals surface area contributed by atoms with Crippen LogP contribution in [0.15, 0.2) is 40.9 Å². The maximum absolute atomic E-state index is 12.3. The molecule has 0 saturated carbocycles. The Kier molecular flexibility index (Phi) is 4.28. The molecule has 0 radical (unpaired) electrons. The van der Waals surface area contributed by atoms with Gasteiger partial charge in [0.1, 0.15) is 0 Å². The molecule has 106 valence electrons. The van der Waals surface area contributed by atoms with Crippen molar-refractivity contribution < 1.29 is 4.79 Å². The molecule has 1 N–H and O–H groups in total. The highest BCUT2D eigenvalue weighted by Crippen LogP contribution is 2.31. The highest BCUT2D eigenvalue weighted by Gasteiger charge is 2.13. The fourth-order valence-electron chi connectivity index (χ4n) is 2.02. The summed E-state index contributed by atoms with van der Waals surface area (Å²) in [7, 11) is 0. The van der Waals surface area contributed by atoms with Crippen molar-refractivity contribution in [2.24, 2.45) is 0 Å². The third-order valence-corrected chi connectivity index (χ3v) is 5.31. The van der Waals surface area contributed by atoms with E-state index >= 15 is 0 Å². The normalized spacial score (nSPS) is 10.8. The smallest absolute Gasteiger partial charge is 0.258 e. The minimum absolute atomic E-state index is 0.129. The second-order valence-corrected chi connectivity index (χ2v) is 7.63. The van der Waals surface area contributed by atoms with Gasteiger partial charge in [0.25, 0.3) is 5.91 Å². The number of halogens is 2. The van der Waals surface area contributed by atoms with Gasteiger partial charge in [-0.05, 0) is 59.3 Å². The van der Waals surface area contributed by atoms with Crippen molar-refractivity contribution in [1.82, 2.24) is 4.98 Å². The number of hydrogen-bond acceptors (Lipinski definition) is 3. The Morgan fingerprint density at radius 1 is 1.33 bits per heavy atom. The number of aromatic nitrogens is 1. The van der Waals surface area contributed by atoms with E-state index in [2.05, 4.69) is 48.8 Å². The number of amides is 1. The fourth-order valence-corrected chi connectivity index (χ4v) is 4.35. The van der Waals surface area contributed by atoms with Crippen LogP contribution in [-0.4, -0.2) is 10.9 Å². The average Bonchev–Trinajstić information content (AvgIpc) is 2.81. The van der Waals surface area contributed by atoms with Gasteiger partial charge in [-0.3, -0.25) is 10.1 Å². The first-order valence-corrected chi connectivity index (χ1v) is 8.86. The van der Waals surface area contributed by atoms with Crippen LogP contribution in [0.5, 0.6) is 0 Å². The summed E-state index contributed by atoms with van der Waals surface area (Å²) in [5.41, 5.74) is 2.68. The number of nitrogens with zero attached hydrogens (tertiary/aromatic N) is 1. The van der Waals surface area contributed by atoms with Crippen LogP contribution in [0.2, 0.25) is 0 Å². The molecule has 0 aliphatic carbocycles. The lowest BCUT2D eigenvalue weighted by Gasteiger charge is -2.03. The number of anilines is 1. The molecule has 1 amide bonds. The van der Waals surface area contributed by atoms with Crippen molar-refractivity contribution in [3.63, 3.8) is 0 Å². The zero-order chi connectivity index (χ0) is 15.0. The van der Waals surface area contributed by atoms with Crippen molar-refractivity contribution in [3.05, 3.63) is 55.6 Å². The third kappa shape index (κ3) is 3.12. The van der Waals surface area contributed by atoms with Gasteiger partial charge in [0.2, 0.25) is 0 Å².